The molecule has 0 bridgehead atoms. The lowest BCUT2D eigenvalue weighted by molar-refractivity contribution is -0.384. The van der Waals surface area contributed by atoms with Crippen LogP contribution in [0.3, 0.4) is 0 Å². The van der Waals surface area contributed by atoms with E-state index in [4.69, 9.17) is 9.84 Å². The van der Waals surface area contributed by atoms with Crippen molar-refractivity contribution < 1.29 is 14.8 Å². The summed E-state index contributed by atoms with van der Waals surface area (Å²) in [5.74, 6) is 0. The van der Waals surface area contributed by atoms with Gasteiger partial charge in [-0.15, -0.1) is 0 Å². The van der Waals surface area contributed by atoms with Crippen LogP contribution in [0.5, 0.6) is 0 Å². The maximum absolute atomic E-state index is 11.0. The molecule has 0 fully saturated rings. The van der Waals surface area contributed by atoms with Crippen molar-refractivity contribution in [2.24, 2.45) is 0 Å². The van der Waals surface area contributed by atoms with E-state index < -0.39 is 4.92 Å². The van der Waals surface area contributed by atoms with Crippen LogP contribution in [0.1, 0.15) is 6.92 Å². The van der Waals surface area contributed by atoms with Gasteiger partial charge in [-0.2, -0.15) is 0 Å². The number of benzene rings is 1. The van der Waals surface area contributed by atoms with Gasteiger partial charge in [0, 0.05) is 50.3 Å². The van der Waals surface area contributed by atoms with E-state index in [1.54, 1.807) is 7.11 Å². The molecule has 1 rings (SSSR count). The average molecular weight is 283 g/mol. The second-order valence-electron chi connectivity index (χ2n) is 4.23. The fourth-order valence-electron chi connectivity index (χ4n) is 1.88. The lowest BCUT2D eigenvalue weighted by Crippen LogP contribution is -2.30. The van der Waals surface area contributed by atoms with Crippen LogP contribution in [-0.4, -0.2) is 50.0 Å². The van der Waals surface area contributed by atoms with Gasteiger partial charge in [-0.1, -0.05) is 0 Å². The Kier molecular flexibility index (Phi) is 6.75. The van der Waals surface area contributed by atoms with Gasteiger partial charge in [-0.3, -0.25) is 10.1 Å². The summed E-state index contributed by atoms with van der Waals surface area (Å²) in [5, 5.41) is 23.2. The summed E-state index contributed by atoms with van der Waals surface area (Å²) < 4.78 is 5.02. The SMILES string of the molecule is CCNc1cc(N(CCO)CCOC)cc([N+](=O)[O-])c1. The minimum atomic E-state index is -0.419. The molecule has 112 valence electrons. The maximum Gasteiger partial charge on any atom is 0.273 e. The van der Waals surface area contributed by atoms with E-state index in [1.807, 2.05) is 17.9 Å². The van der Waals surface area contributed by atoms with Crippen molar-refractivity contribution in [3.05, 3.63) is 28.3 Å². The molecule has 2 N–H and O–H groups in total. The van der Waals surface area contributed by atoms with Crippen LogP contribution in [0.2, 0.25) is 0 Å². The zero-order valence-corrected chi connectivity index (χ0v) is 11.8. The first-order valence-electron chi connectivity index (χ1n) is 6.50. The molecule has 1 aromatic rings. The van der Waals surface area contributed by atoms with Gasteiger partial charge in [0.05, 0.1) is 18.1 Å². The third kappa shape index (κ3) is 4.67. The highest BCUT2D eigenvalue weighted by atomic mass is 16.6. The lowest BCUT2D eigenvalue weighted by atomic mass is 10.2. The van der Waals surface area contributed by atoms with E-state index in [0.717, 1.165) is 0 Å². The van der Waals surface area contributed by atoms with Crippen molar-refractivity contribution in [2.75, 3.05) is 50.2 Å². The highest BCUT2D eigenvalue weighted by Crippen LogP contribution is 2.27. The predicted molar refractivity (Wildman–Crippen MR) is 78.4 cm³/mol. The summed E-state index contributed by atoms with van der Waals surface area (Å²) >= 11 is 0. The third-order valence-corrected chi connectivity index (χ3v) is 2.79. The summed E-state index contributed by atoms with van der Waals surface area (Å²) in [6, 6.07) is 4.84. The van der Waals surface area contributed by atoms with Gasteiger partial charge >= 0.3 is 0 Å². The number of nitro benzene ring substituents is 1. The Balaban J connectivity index is 3.07. The van der Waals surface area contributed by atoms with Crippen LogP contribution in [0, 0.1) is 10.1 Å². The van der Waals surface area contributed by atoms with Gasteiger partial charge in [0.15, 0.2) is 0 Å². The largest absolute Gasteiger partial charge is 0.395 e. The molecule has 0 radical (unpaired) electrons. The smallest absolute Gasteiger partial charge is 0.273 e. The van der Waals surface area contributed by atoms with Crippen LogP contribution in [0.15, 0.2) is 18.2 Å². The molecule has 1 aromatic carbocycles. The number of nitro groups is 1. The highest BCUT2D eigenvalue weighted by Gasteiger charge is 2.14. The molecular weight excluding hydrogens is 262 g/mol. The standard InChI is InChI=1S/C13H21N3O4/c1-3-14-11-8-12(10-13(9-11)16(18)19)15(4-6-17)5-7-20-2/h8-10,14,17H,3-7H2,1-2H3. The Labute approximate surface area is 118 Å². The van der Waals surface area contributed by atoms with Crippen LogP contribution < -0.4 is 10.2 Å². The molecule has 0 saturated carbocycles. The van der Waals surface area contributed by atoms with Crippen molar-refractivity contribution in [1.82, 2.24) is 0 Å². The number of methoxy groups -OCH3 is 1. The summed E-state index contributed by atoms with van der Waals surface area (Å²) in [6.45, 7) is 4.02. The van der Waals surface area contributed by atoms with Gasteiger partial charge in [0.2, 0.25) is 0 Å². The summed E-state index contributed by atoms with van der Waals surface area (Å²) in [5.41, 5.74) is 1.41. The minimum absolute atomic E-state index is 0.0249. The molecule has 7 nitrogen and oxygen atoms in total. The Morgan fingerprint density at radius 3 is 2.70 bits per heavy atom. The van der Waals surface area contributed by atoms with E-state index in [0.29, 0.717) is 37.6 Å². The fourth-order valence-corrected chi connectivity index (χ4v) is 1.88. The molecule has 0 aliphatic rings. The predicted octanol–water partition coefficient (Wildman–Crippen LogP) is 1.47. The molecule has 0 atom stereocenters. The van der Waals surface area contributed by atoms with Crippen molar-refractivity contribution in [3.8, 4) is 0 Å². The Hall–Kier alpha value is -1.86. The van der Waals surface area contributed by atoms with Gasteiger partial charge < -0.3 is 20.1 Å². The Morgan fingerprint density at radius 2 is 2.15 bits per heavy atom. The van der Waals surface area contributed by atoms with Crippen molar-refractivity contribution >= 4 is 17.1 Å². The fraction of sp³-hybridized carbons (Fsp3) is 0.538. The quantitative estimate of drug-likeness (QED) is 0.527. The summed E-state index contributed by atoms with van der Waals surface area (Å²) in [7, 11) is 1.59. The van der Waals surface area contributed by atoms with E-state index >= 15 is 0 Å². The van der Waals surface area contributed by atoms with Crippen molar-refractivity contribution in [3.63, 3.8) is 0 Å². The van der Waals surface area contributed by atoms with Crippen LogP contribution in [0.25, 0.3) is 0 Å². The second kappa shape index (κ2) is 8.34. The molecule has 0 amide bonds. The zero-order chi connectivity index (χ0) is 15.0. The highest BCUT2D eigenvalue weighted by molar-refractivity contribution is 5.64. The third-order valence-electron chi connectivity index (χ3n) is 2.79. The number of nitrogens with one attached hydrogen (secondary N) is 1. The number of hydrogen-bond donors (Lipinski definition) is 2. The second-order valence-corrected chi connectivity index (χ2v) is 4.23. The molecular formula is C13H21N3O4. The molecule has 0 aliphatic carbocycles. The average Bonchev–Trinajstić information content (AvgIpc) is 2.43. The molecule has 7 heteroatoms. The number of non-ortho nitro benzene ring substituents is 1. The van der Waals surface area contributed by atoms with Gasteiger partial charge in [0.25, 0.3) is 5.69 Å². The van der Waals surface area contributed by atoms with Crippen LogP contribution in [-0.2, 0) is 4.74 Å². The lowest BCUT2D eigenvalue weighted by Gasteiger charge is -2.24. The van der Waals surface area contributed by atoms with Crippen LogP contribution >= 0.6 is 0 Å². The molecule has 0 aromatic heterocycles. The zero-order valence-electron chi connectivity index (χ0n) is 11.8. The molecule has 0 unspecified atom stereocenters. The van der Waals surface area contributed by atoms with E-state index in [-0.39, 0.29) is 12.3 Å². The molecule has 0 heterocycles. The van der Waals surface area contributed by atoms with Crippen molar-refractivity contribution in [2.45, 2.75) is 6.92 Å². The number of anilines is 2. The van der Waals surface area contributed by atoms with E-state index in [2.05, 4.69) is 5.32 Å². The minimum Gasteiger partial charge on any atom is -0.395 e. The Morgan fingerprint density at radius 1 is 1.40 bits per heavy atom. The van der Waals surface area contributed by atoms with Gasteiger partial charge in [-0.25, -0.2) is 0 Å². The number of aliphatic hydroxyl groups is 1. The van der Waals surface area contributed by atoms with Gasteiger partial charge in [0.1, 0.15) is 0 Å². The molecule has 20 heavy (non-hydrogen) atoms. The number of hydrogen-bond acceptors (Lipinski definition) is 6. The van der Waals surface area contributed by atoms with Crippen LogP contribution in [0.4, 0.5) is 17.1 Å². The van der Waals surface area contributed by atoms with E-state index in [1.165, 1.54) is 12.1 Å². The summed E-state index contributed by atoms with van der Waals surface area (Å²) in [6.07, 6.45) is 0. The first-order chi connectivity index (χ1) is 9.62. The number of aliphatic hydroxyl groups excluding tert-OH is 1. The number of ether oxygens (including phenoxy) is 1. The topological polar surface area (TPSA) is 87.9 Å². The molecule has 0 aliphatic heterocycles. The number of nitrogens with zero attached hydrogens (tertiary/aromatic N) is 2. The van der Waals surface area contributed by atoms with E-state index in [9.17, 15) is 10.1 Å². The monoisotopic (exact) mass is 283 g/mol. The maximum atomic E-state index is 11.0. The summed E-state index contributed by atoms with van der Waals surface area (Å²) in [4.78, 5) is 12.4. The first-order valence-corrected chi connectivity index (χ1v) is 6.50. The van der Waals surface area contributed by atoms with Crippen molar-refractivity contribution in [1.29, 1.82) is 0 Å². The Bertz CT molecular complexity index is 440. The van der Waals surface area contributed by atoms with Gasteiger partial charge in [-0.05, 0) is 13.0 Å². The normalized spacial score (nSPS) is 10.3. The molecule has 0 spiro atoms. The first kappa shape index (κ1) is 16.2. The number of rotatable bonds is 9. The molecule has 0 saturated heterocycles.